The van der Waals surface area contributed by atoms with E-state index in [1.165, 1.54) is 5.56 Å². The molecule has 1 aromatic carbocycles. The molecule has 1 amide bonds. The summed E-state index contributed by atoms with van der Waals surface area (Å²) in [5.41, 5.74) is 1.27. The first-order valence-corrected chi connectivity index (χ1v) is 10.1. The summed E-state index contributed by atoms with van der Waals surface area (Å²) >= 11 is 0. The van der Waals surface area contributed by atoms with Crippen LogP contribution in [0.5, 0.6) is 0 Å². The highest BCUT2D eigenvalue weighted by atomic mass is 16.2. The van der Waals surface area contributed by atoms with Crippen LogP contribution in [0.15, 0.2) is 59.7 Å². The van der Waals surface area contributed by atoms with E-state index in [0.717, 1.165) is 38.3 Å². The highest BCUT2D eigenvalue weighted by Gasteiger charge is 2.24. The number of hydrogen-bond donors (Lipinski definition) is 2. The minimum absolute atomic E-state index is 0.0179. The van der Waals surface area contributed by atoms with Gasteiger partial charge in [0.2, 0.25) is 5.91 Å². The van der Waals surface area contributed by atoms with Crippen LogP contribution in [0.2, 0.25) is 0 Å². The monoisotopic (exact) mass is 394 g/mol. The maximum atomic E-state index is 12.0. The molecule has 154 valence electrons. The normalized spacial score (nSPS) is 16.6. The molecule has 2 aromatic rings. The van der Waals surface area contributed by atoms with Crippen LogP contribution in [0.1, 0.15) is 12.0 Å². The van der Waals surface area contributed by atoms with Crippen LogP contribution in [0.4, 0.5) is 5.82 Å². The number of likely N-dealkylation sites (N-methyl/N-ethyl adjacent to an activating group) is 1. The minimum Gasteiger partial charge on any atom is -0.356 e. The van der Waals surface area contributed by atoms with E-state index in [0.29, 0.717) is 5.96 Å². The molecule has 0 aliphatic carbocycles. The van der Waals surface area contributed by atoms with Gasteiger partial charge in [-0.15, -0.1) is 0 Å². The van der Waals surface area contributed by atoms with Crippen molar-refractivity contribution in [1.82, 2.24) is 20.5 Å². The molecule has 1 saturated heterocycles. The van der Waals surface area contributed by atoms with Crippen LogP contribution in [-0.2, 0) is 11.2 Å². The fourth-order valence-corrected chi connectivity index (χ4v) is 3.23. The SMILES string of the molecule is CN(C)C(=O)CN=C(NCCc1ccccc1)NC1CCN(c2ccccn2)C1. The Labute approximate surface area is 172 Å². The van der Waals surface area contributed by atoms with Gasteiger partial charge < -0.3 is 20.4 Å². The van der Waals surface area contributed by atoms with E-state index in [4.69, 9.17) is 0 Å². The van der Waals surface area contributed by atoms with Crippen molar-refractivity contribution in [3.05, 3.63) is 60.3 Å². The predicted molar refractivity (Wildman–Crippen MR) is 117 cm³/mol. The maximum Gasteiger partial charge on any atom is 0.243 e. The lowest BCUT2D eigenvalue weighted by atomic mass is 10.1. The lowest BCUT2D eigenvalue weighted by Gasteiger charge is -2.20. The van der Waals surface area contributed by atoms with Gasteiger partial charge in [0.1, 0.15) is 12.4 Å². The summed E-state index contributed by atoms with van der Waals surface area (Å²) in [7, 11) is 3.49. The third kappa shape index (κ3) is 6.48. The van der Waals surface area contributed by atoms with Crippen molar-refractivity contribution < 1.29 is 4.79 Å². The summed E-state index contributed by atoms with van der Waals surface area (Å²) in [4.78, 5) is 24.7. The molecule has 0 bridgehead atoms. The predicted octanol–water partition coefficient (Wildman–Crippen LogP) is 1.53. The Kier molecular flexibility index (Phi) is 7.44. The standard InChI is InChI=1S/C22H30N6O/c1-27(2)21(29)16-25-22(24-14-11-18-8-4-3-5-9-18)26-19-12-15-28(17-19)20-10-6-7-13-23-20/h3-10,13,19H,11-12,14-17H2,1-2H3,(H2,24,25,26). The molecule has 2 heterocycles. The summed E-state index contributed by atoms with van der Waals surface area (Å²) in [6.45, 7) is 2.69. The van der Waals surface area contributed by atoms with Crippen molar-refractivity contribution in [2.24, 2.45) is 4.99 Å². The fraction of sp³-hybridized carbons (Fsp3) is 0.409. The molecule has 1 fully saturated rings. The van der Waals surface area contributed by atoms with Crippen LogP contribution >= 0.6 is 0 Å². The number of guanidine groups is 1. The third-order valence-electron chi connectivity index (χ3n) is 4.92. The number of anilines is 1. The molecule has 1 unspecified atom stereocenters. The number of rotatable bonds is 7. The zero-order valence-corrected chi connectivity index (χ0v) is 17.2. The first kappa shape index (κ1) is 20.6. The largest absolute Gasteiger partial charge is 0.356 e. The molecule has 29 heavy (non-hydrogen) atoms. The molecule has 0 saturated carbocycles. The number of carbonyl (C=O) groups excluding carboxylic acids is 1. The molecule has 1 aliphatic heterocycles. The molecular weight excluding hydrogens is 364 g/mol. The lowest BCUT2D eigenvalue weighted by Crippen LogP contribution is -2.45. The van der Waals surface area contributed by atoms with Crippen LogP contribution < -0.4 is 15.5 Å². The highest BCUT2D eigenvalue weighted by molar-refractivity contribution is 5.85. The highest BCUT2D eigenvalue weighted by Crippen LogP contribution is 2.17. The Morgan fingerprint density at radius 2 is 2.00 bits per heavy atom. The van der Waals surface area contributed by atoms with Gasteiger partial charge >= 0.3 is 0 Å². The quantitative estimate of drug-likeness (QED) is 0.550. The molecule has 7 nitrogen and oxygen atoms in total. The summed E-state index contributed by atoms with van der Waals surface area (Å²) < 4.78 is 0. The van der Waals surface area contributed by atoms with E-state index in [2.05, 4.69) is 37.6 Å². The number of pyridine rings is 1. The van der Waals surface area contributed by atoms with Crippen molar-refractivity contribution in [2.75, 3.05) is 45.2 Å². The third-order valence-corrected chi connectivity index (χ3v) is 4.92. The van der Waals surface area contributed by atoms with Crippen LogP contribution in [0.3, 0.4) is 0 Å². The maximum absolute atomic E-state index is 12.0. The Morgan fingerprint density at radius 1 is 1.21 bits per heavy atom. The molecular formula is C22H30N6O. The van der Waals surface area contributed by atoms with Crippen molar-refractivity contribution in [1.29, 1.82) is 0 Å². The van der Waals surface area contributed by atoms with E-state index < -0.39 is 0 Å². The van der Waals surface area contributed by atoms with Crippen LogP contribution in [-0.4, -0.2) is 68.1 Å². The number of nitrogens with one attached hydrogen (secondary N) is 2. The number of carbonyl (C=O) groups is 1. The van der Waals surface area contributed by atoms with Gasteiger partial charge in [0, 0.05) is 46.0 Å². The number of amides is 1. The molecule has 1 atom stereocenters. The molecule has 2 N–H and O–H groups in total. The van der Waals surface area contributed by atoms with E-state index in [1.807, 2.05) is 42.6 Å². The Morgan fingerprint density at radius 3 is 2.72 bits per heavy atom. The number of hydrogen-bond acceptors (Lipinski definition) is 4. The second kappa shape index (κ2) is 10.5. The molecule has 7 heteroatoms. The first-order valence-electron chi connectivity index (χ1n) is 10.1. The van der Waals surface area contributed by atoms with Crippen LogP contribution in [0.25, 0.3) is 0 Å². The summed E-state index contributed by atoms with van der Waals surface area (Å²) in [5, 5.41) is 6.87. The van der Waals surface area contributed by atoms with E-state index >= 15 is 0 Å². The second-order valence-electron chi connectivity index (χ2n) is 7.38. The lowest BCUT2D eigenvalue weighted by molar-refractivity contribution is -0.127. The number of benzene rings is 1. The molecule has 0 spiro atoms. The summed E-state index contributed by atoms with van der Waals surface area (Å²) in [5.74, 6) is 1.66. The zero-order valence-electron chi connectivity index (χ0n) is 17.2. The second-order valence-corrected chi connectivity index (χ2v) is 7.38. The number of aromatic nitrogens is 1. The van der Waals surface area contributed by atoms with Crippen molar-refractivity contribution in [2.45, 2.75) is 18.9 Å². The Balaban J connectivity index is 1.57. The van der Waals surface area contributed by atoms with Gasteiger partial charge in [-0.1, -0.05) is 36.4 Å². The Bertz CT molecular complexity index is 793. The van der Waals surface area contributed by atoms with Gasteiger partial charge in [0.25, 0.3) is 0 Å². The van der Waals surface area contributed by atoms with Crippen molar-refractivity contribution in [3.63, 3.8) is 0 Å². The van der Waals surface area contributed by atoms with Gasteiger partial charge in [-0.25, -0.2) is 9.98 Å². The number of nitrogens with zero attached hydrogens (tertiary/aromatic N) is 4. The number of aliphatic imine (C=N–C) groups is 1. The van der Waals surface area contributed by atoms with Gasteiger partial charge in [-0.3, -0.25) is 4.79 Å². The minimum atomic E-state index is -0.0179. The average molecular weight is 395 g/mol. The molecule has 1 aliphatic rings. The van der Waals surface area contributed by atoms with E-state index in [9.17, 15) is 4.79 Å². The molecule has 0 radical (unpaired) electrons. The average Bonchev–Trinajstić information content (AvgIpc) is 3.21. The first-order chi connectivity index (χ1) is 14.1. The zero-order chi connectivity index (χ0) is 20.5. The van der Waals surface area contributed by atoms with Gasteiger partial charge in [-0.05, 0) is 30.5 Å². The molecule has 3 rings (SSSR count). The summed E-state index contributed by atoms with van der Waals surface area (Å²) in [6, 6.07) is 16.6. The smallest absolute Gasteiger partial charge is 0.243 e. The van der Waals surface area contributed by atoms with Gasteiger partial charge in [0.15, 0.2) is 5.96 Å². The van der Waals surface area contributed by atoms with Crippen LogP contribution in [0, 0.1) is 0 Å². The van der Waals surface area contributed by atoms with Gasteiger partial charge in [-0.2, -0.15) is 0 Å². The van der Waals surface area contributed by atoms with Crippen molar-refractivity contribution >= 4 is 17.7 Å². The fourth-order valence-electron chi connectivity index (χ4n) is 3.23. The van der Waals surface area contributed by atoms with Crippen molar-refractivity contribution in [3.8, 4) is 0 Å². The van der Waals surface area contributed by atoms with E-state index in [-0.39, 0.29) is 18.5 Å². The molecule has 1 aromatic heterocycles. The van der Waals surface area contributed by atoms with E-state index in [1.54, 1.807) is 19.0 Å². The Hall–Kier alpha value is -3.09. The summed E-state index contributed by atoms with van der Waals surface area (Å²) in [6.07, 6.45) is 3.71. The van der Waals surface area contributed by atoms with Gasteiger partial charge in [0.05, 0.1) is 0 Å². The topological polar surface area (TPSA) is 72.9 Å².